The highest BCUT2D eigenvalue weighted by atomic mass is 32.2. The summed E-state index contributed by atoms with van der Waals surface area (Å²) in [5, 5.41) is 10.0. The molecule has 1 fully saturated rings. The zero-order valence-corrected chi connectivity index (χ0v) is 9.23. The molecule has 1 aromatic carbocycles. The Morgan fingerprint density at radius 3 is 2.64 bits per heavy atom. The molecule has 2 nitrogen and oxygen atoms in total. The normalized spacial score (nSPS) is 17.9. The van der Waals surface area contributed by atoms with E-state index in [-0.39, 0.29) is 0 Å². The Bertz CT molecular complexity index is 345. The van der Waals surface area contributed by atoms with E-state index in [4.69, 9.17) is 4.74 Å². The smallest absolute Gasteiger partial charge is 0.119 e. The molecular weight excluding hydrogens is 196 g/mol. The van der Waals surface area contributed by atoms with Crippen LogP contribution in [0.2, 0.25) is 0 Å². The lowest BCUT2D eigenvalue weighted by Gasteiger charge is -2.13. The fraction of sp³-hybridized carbons (Fsp3) is 0.455. The number of rotatable bonds is 3. The topological polar surface area (TPSA) is 29.5 Å². The van der Waals surface area contributed by atoms with Gasteiger partial charge in [0.1, 0.15) is 5.75 Å². The van der Waals surface area contributed by atoms with Crippen molar-refractivity contribution in [3.63, 3.8) is 0 Å². The number of thioether (sulfide) groups is 1. The summed E-state index contributed by atoms with van der Waals surface area (Å²) in [5.41, 5.74) is 0.496. The van der Waals surface area contributed by atoms with Crippen molar-refractivity contribution in [2.45, 2.75) is 23.3 Å². The van der Waals surface area contributed by atoms with Gasteiger partial charge in [0.15, 0.2) is 0 Å². The first-order valence-corrected chi connectivity index (χ1v) is 5.87. The van der Waals surface area contributed by atoms with Crippen LogP contribution >= 0.6 is 11.8 Å². The second-order valence-corrected chi connectivity index (χ2v) is 4.45. The summed E-state index contributed by atoms with van der Waals surface area (Å²) in [7, 11) is 1.66. The van der Waals surface area contributed by atoms with Gasteiger partial charge in [0.2, 0.25) is 0 Å². The highest BCUT2D eigenvalue weighted by molar-refractivity contribution is 7.98. The van der Waals surface area contributed by atoms with Gasteiger partial charge in [0, 0.05) is 4.90 Å². The quantitative estimate of drug-likeness (QED) is 0.777. The Kier molecular flexibility index (Phi) is 2.45. The molecule has 1 aliphatic rings. The van der Waals surface area contributed by atoms with Gasteiger partial charge in [-0.3, -0.25) is 0 Å². The van der Waals surface area contributed by atoms with Crippen molar-refractivity contribution in [2.75, 3.05) is 13.4 Å². The number of benzene rings is 1. The number of hydrogen-bond donors (Lipinski definition) is 1. The minimum absolute atomic E-state index is 0.551. The van der Waals surface area contributed by atoms with Gasteiger partial charge >= 0.3 is 0 Å². The second kappa shape index (κ2) is 3.48. The molecule has 0 aromatic heterocycles. The molecule has 2 rings (SSSR count). The van der Waals surface area contributed by atoms with Gasteiger partial charge in [0.25, 0.3) is 0 Å². The van der Waals surface area contributed by atoms with E-state index in [1.165, 1.54) is 0 Å². The van der Waals surface area contributed by atoms with Crippen molar-refractivity contribution in [2.24, 2.45) is 0 Å². The average Bonchev–Trinajstić information content (AvgIpc) is 2.96. The van der Waals surface area contributed by atoms with E-state index < -0.39 is 5.60 Å². The molecule has 0 amide bonds. The van der Waals surface area contributed by atoms with Crippen molar-refractivity contribution >= 4 is 11.8 Å². The van der Waals surface area contributed by atoms with Gasteiger partial charge in [-0.15, -0.1) is 11.8 Å². The summed E-state index contributed by atoms with van der Waals surface area (Å²) in [4.78, 5) is 1.12. The zero-order chi connectivity index (χ0) is 10.2. The summed E-state index contributed by atoms with van der Waals surface area (Å²) >= 11 is 1.65. The Hall–Kier alpha value is -0.670. The molecule has 0 bridgehead atoms. The third-order valence-electron chi connectivity index (χ3n) is 2.63. The van der Waals surface area contributed by atoms with Gasteiger partial charge in [-0.05, 0) is 36.8 Å². The van der Waals surface area contributed by atoms with Crippen LogP contribution in [0.25, 0.3) is 0 Å². The third-order valence-corrected chi connectivity index (χ3v) is 3.41. The van der Waals surface area contributed by atoms with Crippen LogP contribution in [0.1, 0.15) is 18.4 Å². The molecular formula is C11H14O2S. The molecule has 1 N–H and O–H groups in total. The summed E-state index contributed by atoms with van der Waals surface area (Å²) in [6.45, 7) is 0. The first kappa shape index (κ1) is 9.87. The Morgan fingerprint density at radius 2 is 2.14 bits per heavy atom. The molecule has 14 heavy (non-hydrogen) atoms. The van der Waals surface area contributed by atoms with Crippen molar-refractivity contribution in [1.29, 1.82) is 0 Å². The van der Waals surface area contributed by atoms with E-state index in [0.29, 0.717) is 0 Å². The lowest BCUT2D eigenvalue weighted by atomic mass is 10.1. The predicted molar refractivity (Wildman–Crippen MR) is 57.9 cm³/mol. The molecule has 0 unspecified atom stereocenters. The Morgan fingerprint density at radius 1 is 1.43 bits per heavy atom. The molecule has 0 spiro atoms. The molecule has 0 heterocycles. The maximum Gasteiger partial charge on any atom is 0.119 e. The van der Waals surface area contributed by atoms with Crippen LogP contribution in [-0.4, -0.2) is 18.5 Å². The highest BCUT2D eigenvalue weighted by Crippen LogP contribution is 2.48. The van der Waals surface area contributed by atoms with Crippen LogP contribution in [0.15, 0.2) is 23.1 Å². The Balaban J connectivity index is 2.40. The van der Waals surface area contributed by atoms with Crippen LogP contribution in [0.4, 0.5) is 0 Å². The van der Waals surface area contributed by atoms with Crippen LogP contribution in [0.5, 0.6) is 5.75 Å². The van der Waals surface area contributed by atoms with Crippen molar-refractivity contribution < 1.29 is 9.84 Å². The molecule has 3 heteroatoms. The van der Waals surface area contributed by atoms with Crippen molar-refractivity contribution in [3.05, 3.63) is 23.8 Å². The average molecular weight is 210 g/mol. The van der Waals surface area contributed by atoms with E-state index in [9.17, 15) is 5.11 Å². The van der Waals surface area contributed by atoms with Gasteiger partial charge < -0.3 is 9.84 Å². The van der Waals surface area contributed by atoms with E-state index in [2.05, 4.69) is 0 Å². The third kappa shape index (κ3) is 1.62. The molecule has 0 aliphatic heterocycles. The van der Waals surface area contributed by atoms with E-state index >= 15 is 0 Å². The maximum atomic E-state index is 10.0. The van der Waals surface area contributed by atoms with Gasteiger partial charge in [0.05, 0.1) is 12.7 Å². The summed E-state index contributed by atoms with van der Waals surface area (Å²) in [5.74, 6) is 0.849. The monoisotopic (exact) mass is 210 g/mol. The minimum Gasteiger partial charge on any atom is -0.497 e. The summed E-state index contributed by atoms with van der Waals surface area (Å²) in [6.07, 6.45) is 3.78. The van der Waals surface area contributed by atoms with Gasteiger partial charge in [-0.2, -0.15) is 0 Å². The van der Waals surface area contributed by atoms with Gasteiger partial charge in [-0.1, -0.05) is 6.07 Å². The van der Waals surface area contributed by atoms with Crippen molar-refractivity contribution in [1.82, 2.24) is 0 Å². The number of ether oxygens (including phenoxy) is 1. The fourth-order valence-corrected chi connectivity index (χ4v) is 2.28. The van der Waals surface area contributed by atoms with Gasteiger partial charge in [-0.25, -0.2) is 0 Å². The van der Waals surface area contributed by atoms with Crippen LogP contribution in [0, 0.1) is 0 Å². The molecule has 0 radical (unpaired) electrons. The lowest BCUT2D eigenvalue weighted by Crippen LogP contribution is -2.05. The highest BCUT2D eigenvalue weighted by Gasteiger charge is 2.43. The molecule has 1 aromatic rings. The molecule has 0 atom stereocenters. The van der Waals surface area contributed by atoms with Crippen LogP contribution in [0.3, 0.4) is 0 Å². The molecule has 1 aliphatic carbocycles. The van der Waals surface area contributed by atoms with Crippen molar-refractivity contribution in [3.8, 4) is 5.75 Å². The molecule has 1 saturated carbocycles. The lowest BCUT2D eigenvalue weighted by molar-refractivity contribution is 0.148. The molecule has 0 saturated heterocycles. The SMILES string of the molecule is COc1ccc(C2(O)CC2)c(SC)c1. The summed E-state index contributed by atoms with van der Waals surface area (Å²) in [6, 6.07) is 5.86. The Labute approximate surface area is 88.3 Å². The zero-order valence-electron chi connectivity index (χ0n) is 8.41. The molecule has 76 valence electrons. The van der Waals surface area contributed by atoms with Crippen LogP contribution < -0.4 is 4.74 Å². The largest absolute Gasteiger partial charge is 0.497 e. The first-order chi connectivity index (χ1) is 6.69. The number of methoxy groups -OCH3 is 1. The minimum atomic E-state index is -0.551. The van der Waals surface area contributed by atoms with E-state index in [1.807, 2.05) is 24.5 Å². The van der Waals surface area contributed by atoms with E-state index in [0.717, 1.165) is 29.1 Å². The van der Waals surface area contributed by atoms with E-state index in [1.54, 1.807) is 18.9 Å². The maximum absolute atomic E-state index is 10.0. The second-order valence-electron chi connectivity index (χ2n) is 3.60. The first-order valence-electron chi connectivity index (χ1n) is 4.64. The fourth-order valence-electron chi connectivity index (χ4n) is 1.57. The number of hydrogen-bond acceptors (Lipinski definition) is 3. The predicted octanol–water partition coefficient (Wildman–Crippen LogP) is 2.40. The summed E-state index contributed by atoms with van der Waals surface area (Å²) < 4.78 is 5.15. The standard InChI is InChI=1S/C11H14O2S/c1-13-8-3-4-9(10(7-8)14-2)11(12)5-6-11/h3-4,7,12H,5-6H2,1-2H3. The van der Waals surface area contributed by atoms with Crippen LogP contribution in [-0.2, 0) is 5.60 Å². The number of aliphatic hydroxyl groups is 1.